The number of hydrogen-bond acceptors (Lipinski definition) is 2. The second kappa shape index (κ2) is 10.7. The predicted octanol–water partition coefficient (Wildman–Crippen LogP) is 5.82. The molecule has 0 fully saturated rings. The van der Waals surface area contributed by atoms with Crippen LogP contribution in [0.5, 0.6) is 0 Å². The molecular formula is C22H30N2O. The normalized spacial score (nSPS) is 11.7. The van der Waals surface area contributed by atoms with Gasteiger partial charge in [0.05, 0.1) is 5.71 Å². The quantitative estimate of drug-likeness (QED) is 0.331. The molecule has 0 spiro atoms. The third-order valence-electron chi connectivity index (χ3n) is 4.52. The molecule has 134 valence electrons. The number of amides is 1. The molecule has 25 heavy (non-hydrogen) atoms. The van der Waals surface area contributed by atoms with E-state index in [1.165, 1.54) is 42.9 Å². The molecule has 2 aromatic rings. The summed E-state index contributed by atoms with van der Waals surface area (Å²) >= 11 is 0. The van der Waals surface area contributed by atoms with E-state index in [1.54, 1.807) is 0 Å². The first-order valence-electron chi connectivity index (χ1n) is 9.53. The fourth-order valence-electron chi connectivity index (χ4n) is 2.92. The summed E-state index contributed by atoms with van der Waals surface area (Å²) < 4.78 is 0. The van der Waals surface area contributed by atoms with Crippen LogP contribution in [0.2, 0.25) is 0 Å². The lowest BCUT2D eigenvalue weighted by Crippen LogP contribution is -2.18. The SMILES string of the molecule is CCCCCCCCCC(=O)NN=C(C)c1ccc2ccccc2c1. The lowest BCUT2D eigenvalue weighted by Gasteiger charge is -2.05. The van der Waals surface area contributed by atoms with E-state index in [0.717, 1.165) is 24.1 Å². The monoisotopic (exact) mass is 338 g/mol. The minimum absolute atomic E-state index is 0.00805. The highest BCUT2D eigenvalue weighted by Gasteiger charge is 2.03. The minimum atomic E-state index is 0.00805. The maximum Gasteiger partial charge on any atom is 0.240 e. The van der Waals surface area contributed by atoms with E-state index in [2.05, 4.69) is 41.7 Å². The van der Waals surface area contributed by atoms with Gasteiger partial charge in [-0.3, -0.25) is 4.79 Å². The Bertz CT molecular complexity index is 706. The van der Waals surface area contributed by atoms with Gasteiger partial charge in [0.1, 0.15) is 0 Å². The molecule has 0 aromatic heterocycles. The zero-order valence-electron chi connectivity index (χ0n) is 15.6. The van der Waals surface area contributed by atoms with Crippen molar-refractivity contribution in [2.24, 2.45) is 5.10 Å². The van der Waals surface area contributed by atoms with Crippen molar-refractivity contribution in [3.63, 3.8) is 0 Å². The molecule has 0 bridgehead atoms. The summed E-state index contributed by atoms with van der Waals surface area (Å²) in [5.41, 5.74) is 4.56. The average Bonchev–Trinajstić information content (AvgIpc) is 2.65. The van der Waals surface area contributed by atoms with Gasteiger partial charge in [-0.15, -0.1) is 0 Å². The number of hydrazone groups is 1. The second-order valence-corrected chi connectivity index (χ2v) is 6.67. The van der Waals surface area contributed by atoms with Gasteiger partial charge in [0.15, 0.2) is 0 Å². The number of carbonyl (C=O) groups is 1. The minimum Gasteiger partial charge on any atom is -0.273 e. The van der Waals surface area contributed by atoms with Crippen LogP contribution in [-0.4, -0.2) is 11.6 Å². The molecule has 0 saturated carbocycles. The van der Waals surface area contributed by atoms with Crippen LogP contribution < -0.4 is 5.43 Å². The molecule has 0 saturated heterocycles. The first kappa shape index (κ1) is 19.2. The van der Waals surface area contributed by atoms with Crippen LogP contribution >= 0.6 is 0 Å². The highest BCUT2D eigenvalue weighted by atomic mass is 16.2. The van der Waals surface area contributed by atoms with E-state index in [-0.39, 0.29) is 5.91 Å². The molecule has 0 atom stereocenters. The lowest BCUT2D eigenvalue weighted by molar-refractivity contribution is -0.121. The Labute approximate surface area is 151 Å². The van der Waals surface area contributed by atoms with Gasteiger partial charge < -0.3 is 0 Å². The molecule has 1 N–H and O–H groups in total. The molecule has 0 aliphatic rings. The highest BCUT2D eigenvalue weighted by molar-refractivity contribution is 6.02. The number of nitrogens with one attached hydrogen (secondary N) is 1. The van der Waals surface area contributed by atoms with Crippen molar-refractivity contribution < 1.29 is 4.79 Å². The first-order chi connectivity index (χ1) is 12.2. The molecule has 0 heterocycles. The number of unbranched alkanes of at least 4 members (excludes halogenated alkanes) is 6. The maximum absolute atomic E-state index is 11.9. The summed E-state index contributed by atoms with van der Waals surface area (Å²) in [5, 5.41) is 6.65. The third-order valence-corrected chi connectivity index (χ3v) is 4.52. The Kier molecular flexibility index (Phi) is 8.17. The molecule has 0 aliphatic heterocycles. The average molecular weight is 338 g/mol. The Balaban J connectivity index is 1.74. The Morgan fingerprint density at radius 2 is 1.60 bits per heavy atom. The largest absolute Gasteiger partial charge is 0.273 e. The van der Waals surface area contributed by atoms with Crippen LogP contribution in [0.4, 0.5) is 0 Å². The summed E-state index contributed by atoms with van der Waals surface area (Å²) in [4.78, 5) is 11.9. The number of fused-ring (bicyclic) bond motifs is 1. The summed E-state index contributed by atoms with van der Waals surface area (Å²) in [6.45, 7) is 4.16. The molecule has 3 nitrogen and oxygen atoms in total. The molecule has 1 amide bonds. The van der Waals surface area contributed by atoms with Crippen molar-refractivity contribution in [1.82, 2.24) is 5.43 Å². The second-order valence-electron chi connectivity index (χ2n) is 6.67. The van der Waals surface area contributed by atoms with Crippen molar-refractivity contribution in [1.29, 1.82) is 0 Å². The van der Waals surface area contributed by atoms with E-state index in [0.29, 0.717) is 6.42 Å². The van der Waals surface area contributed by atoms with Crippen LogP contribution in [0.25, 0.3) is 10.8 Å². The van der Waals surface area contributed by atoms with Gasteiger partial charge in [0, 0.05) is 6.42 Å². The van der Waals surface area contributed by atoms with Gasteiger partial charge in [-0.25, -0.2) is 5.43 Å². The zero-order valence-corrected chi connectivity index (χ0v) is 15.6. The maximum atomic E-state index is 11.9. The van der Waals surface area contributed by atoms with Crippen molar-refractivity contribution in [3.05, 3.63) is 48.0 Å². The third kappa shape index (κ3) is 6.69. The molecule has 2 rings (SSSR count). The standard InChI is InChI=1S/C22H30N2O/c1-3-4-5-6-7-8-9-14-22(25)24-23-18(2)20-16-15-19-12-10-11-13-21(19)17-20/h10-13,15-17H,3-9,14H2,1-2H3,(H,24,25). The van der Waals surface area contributed by atoms with Crippen LogP contribution in [0.3, 0.4) is 0 Å². The topological polar surface area (TPSA) is 41.5 Å². The molecule has 3 heteroatoms. The van der Waals surface area contributed by atoms with Gasteiger partial charge in [0.2, 0.25) is 5.91 Å². The smallest absolute Gasteiger partial charge is 0.240 e. The Morgan fingerprint density at radius 1 is 0.920 bits per heavy atom. The summed E-state index contributed by atoms with van der Waals surface area (Å²) in [6.07, 6.45) is 9.06. The Morgan fingerprint density at radius 3 is 2.36 bits per heavy atom. The number of benzene rings is 2. The van der Waals surface area contributed by atoms with Crippen molar-refractivity contribution in [2.45, 2.75) is 65.2 Å². The molecule has 0 radical (unpaired) electrons. The van der Waals surface area contributed by atoms with E-state index >= 15 is 0 Å². The van der Waals surface area contributed by atoms with Crippen LogP contribution in [-0.2, 0) is 4.79 Å². The van der Waals surface area contributed by atoms with Gasteiger partial charge in [0.25, 0.3) is 0 Å². The van der Waals surface area contributed by atoms with Gasteiger partial charge in [-0.1, -0.05) is 81.8 Å². The fraction of sp³-hybridized carbons (Fsp3) is 0.455. The van der Waals surface area contributed by atoms with Crippen molar-refractivity contribution >= 4 is 22.4 Å². The zero-order chi connectivity index (χ0) is 17.9. The van der Waals surface area contributed by atoms with Crippen LogP contribution in [0, 0.1) is 0 Å². The van der Waals surface area contributed by atoms with E-state index in [9.17, 15) is 4.79 Å². The number of hydrogen-bond donors (Lipinski definition) is 1. The van der Waals surface area contributed by atoms with E-state index in [1.807, 2.05) is 25.1 Å². The van der Waals surface area contributed by atoms with E-state index < -0.39 is 0 Å². The predicted molar refractivity (Wildman–Crippen MR) is 107 cm³/mol. The van der Waals surface area contributed by atoms with E-state index in [4.69, 9.17) is 0 Å². The molecule has 0 unspecified atom stereocenters. The molecular weight excluding hydrogens is 308 g/mol. The number of carbonyl (C=O) groups excluding carboxylic acids is 1. The Hall–Kier alpha value is -2.16. The van der Waals surface area contributed by atoms with Crippen LogP contribution in [0.1, 0.15) is 70.8 Å². The van der Waals surface area contributed by atoms with Crippen LogP contribution in [0.15, 0.2) is 47.6 Å². The summed E-state index contributed by atoms with van der Waals surface area (Å²) in [7, 11) is 0. The number of rotatable bonds is 10. The molecule has 2 aromatic carbocycles. The van der Waals surface area contributed by atoms with Crippen molar-refractivity contribution in [2.75, 3.05) is 0 Å². The van der Waals surface area contributed by atoms with Gasteiger partial charge in [-0.05, 0) is 35.7 Å². The van der Waals surface area contributed by atoms with Gasteiger partial charge in [-0.2, -0.15) is 5.10 Å². The summed E-state index contributed by atoms with van der Waals surface area (Å²) in [5.74, 6) is 0.00805. The molecule has 0 aliphatic carbocycles. The lowest BCUT2D eigenvalue weighted by atomic mass is 10.0. The van der Waals surface area contributed by atoms with Gasteiger partial charge >= 0.3 is 0 Å². The summed E-state index contributed by atoms with van der Waals surface area (Å²) in [6, 6.07) is 14.5. The first-order valence-corrected chi connectivity index (χ1v) is 9.53. The number of nitrogens with zero attached hydrogens (tertiary/aromatic N) is 1. The highest BCUT2D eigenvalue weighted by Crippen LogP contribution is 2.16. The fourth-order valence-corrected chi connectivity index (χ4v) is 2.92. The van der Waals surface area contributed by atoms with Crippen molar-refractivity contribution in [3.8, 4) is 0 Å².